The lowest BCUT2D eigenvalue weighted by molar-refractivity contribution is 0.0475. The normalized spacial score (nSPS) is 10.5. The Bertz CT molecular complexity index is 812. The molecule has 23 heavy (non-hydrogen) atoms. The molecular formula is C20H19NO2. The van der Waals surface area contributed by atoms with E-state index >= 15 is 0 Å². The lowest BCUT2D eigenvalue weighted by Crippen LogP contribution is -2.07. The van der Waals surface area contributed by atoms with Gasteiger partial charge in [0.1, 0.15) is 6.61 Å². The quantitative estimate of drug-likeness (QED) is 0.698. The minimum atomic E-state index is -0.298. The molecule has 0 aromatic heterocycles. The van der Waals surface area contributed by atoms with Gasteiger partial charge in [0.25, 0.3) is 0 Å². The van der Waals surface area contributed by atoms with Gasteiger partial charge in [-0.3, -0.25) is 0 Å². The van der Waals surface area contributed by atoms with Crippen molar-refractivity contribution in [1.82, 2.24) is 0 Å². The summed E-state index contributed by atoms with van der Waals surface area (Å²) < 4.78 is 5.46. The minimum absolute atomic E-state index is 0.281. The fourth-order valence-corrected chi connectivity index (χ4v) is 2.62. The van der Waals surface area contributed by atoms with Crippen LogP contribution < -0.4 is 5.32 Å². The molecule has 1 N–H and O–H groups in total. The summed E-state index contributed by atoms with van der Waals surface area (Å²) in [5.74, 6) is -0.298. The van der Waals surface area contributed by atoms with Gasteiger partial charge in [0, 0.05) is 17.6 Å². The molecule has 3 rings (SSSR count). The van der Waals surface area contributed by atoms with Gasteiger partial charge in [-0.1, -0.05) is 54.6 Å². The van der Waals surface area contributed by atoms with E-state index in [9.17, 15) is 4.79 Å². The molecule has 0 saturated heterocycles. The highest BCUT2D eigenvalue weighted by Gasteiger charge is 2.13. The minimum Gasteiger partial charge on any atom is -0.457 e. The molecule has 0 atom stereocenters. The molecule has 0 aliphatic rings. The van der Waals surface area contributed by atoms with Gasteiger partial charge in [0.2, 0.25) is 0 Å². The molecule has 0 aliphatic carbocycles. The molecule has 3 aromatic rings. The molecular weight excluding hydrogens is 286 g/mol. The van der Waals surface area contributed by atoms with E-state index in [1.54, 1.807) is 0 Å². The highest BCUT2D eigenvalue weighted by atomic mass is 16.5. The van der Waals surface area contributed by atoms with Crippen molar-refractivity contribution in [3.05, 3.63) is 77.9 Å². The van der Waals surface area contributed by atoms with Crippen LogP contribution in [-0.4, -0.2) is 12.5 Å². The SMILES string of the molecule is CCNc1ccc(C(=O)OCc2ccccc2)c2ccccc12. The third-order valence-corrected chi connectivity index (χ3v) is 3.72. The lowest BCUT2D eigenvalue weighted by atomic mass is 10.0. The Morgan fingerprint density at radius 1 is 0.913 bits per heavy atom. The summed E-state index contributed by atoms with van der Waals surface area (Å²) in [5, 5.41) is 5.26. The number of carbonyl (C=O) groups is 1. The number of esters is 1. The van der Waals surface area contributed by atoms with Gasteiger partial charge in [0.05, 0.1) is 5.56 Å². The number of nitrogens with one attached hydrogen (secondary N) is 1. The summed E-state index contributed by atoms with van der Waals surface area (Å²) in [6.45, 7) is 3.17. The lowest BCUT2D eigenvalue weighted by Gasteiger charge is -2.12. The standard InChI is InChI=1S/C20H19NO2/c1-2-21-19-13-12-18(16-10-6-7-11-17(16)19)20(22)23-14-15-8-4-3-5-9-15/h3-13,21H,2,14H2,1H3. The molecule has 0 heterocycles. The highest BCUT2D eigenvalue weighted by Crippen LogP contribution is 2.27. The number of carbonyl (C=O) groups excluding carboxylic acids is 1. The first-order valence-electron chi connectivity index (χ1n) is 7.76. The molecule has 116 valence electrons. The Balaban J connectivity index is 1.87. The number of rotatable bonds is 5. The molecule has 3 nitrogen and oxygen atoms in total. The number of anilines is 1. The molecule has 0 spiro atoms. The maximum absolute atomic E-state index is 12.5. The zero-order valence-corrected chi connectivity index (χ0v) is 13.1. The van der Waals surface area contributed by atoms with E-state index in [0.717, 1.165) is 28.6 Å². The average Bonchev–Trinajstić information content (AvgIpc) is 2.61. The van der Waals surface area contributed by atoms with Crippen LogP contribution in [0.2, 0.25) is 0 Å². The van der Waals surface area contributed by atoms with E-state index in [-0.39, 0.29) is 12.6 Å². The summed E-state index contributed by atoms with van der Waals surface area (Å²) in [7, 11) is 0. The Labute approximate surface area is 135 Å². The molecule has 0 fully saturated rings. The van der Waals surface area contributed by atoms with Crippen molar-refractivity contribution in [3.63, 3.8) is 0 Å². The van der Waals surface area contributed by atoms with Crippen molar-refractivity contribution in [3.8, 4) is 0 Å². The third kappa shape index (κ3) is 3.34. The van der Waals surface area contributed by atoms with Gasteiger partial charge in [-0.15, -0.1) is 0 Å². The predicted molar refractivity (Wildman–Crippen MR) is 93.7 cm³/mol. The van der Waals surface area contributed by atoms with Crippen LogP contribution in [0.4, 0.5) is 5.69 Å². The Kier molecular flexibility index (Phi) is 4.57. The van der Waals surface area contributed by atoms with E-state index in [4.69, 9.17) is 4.74 Å². The number of hydrogen-bond acceptors (Lipinski definition) is 3. The summed E-state index contributed by atoms with van der Waals surface area (Å²) in [6.07, 6.45) is 0. The maximum Gasteiger partial charge on any atom is 0.339 e. The van der Waals surface area contributed by atoms with E-state index in [0.29, 0.717) is 5.56 Å². The third-order valence-electron chi connectivity index (χ3n) is 3.72. The Morgan fingerprint density at radius 3 is 2.35 bits per heavy atom. The van der Waals surface area contributed by atoms with Crippen LogP contribution in [0.5, 0.6) is 0 Å². The molecule has 0 bridgehead atoms. The highest BCUT2D eigenvalue weighted by molar-refractivity contribution is 6.08. The van der Waals surface area contributed by atoms with E-state index in [1.165, 1.54) is 0 Å². The van der Waals surface area contributed by atoms with Crippen LogP contribution in [0.25, 0.3) is 10.8 Å². The topological polar surface area (TPSA) is 38.3 Å². The summed E-state index contributed by atoms with van der Waals surface area (Å²) in [6, 6.07) is 21.3. The van der Waals surface area contributed by atoms with Crippen LogP contribution in [0, 0.1) is 0 Å². The molecule has 0 radical (unpaired) electrons. The molecule has 0 unspecified atom stereocenters. The summed E-state index contributed by atoms with van der Waals surface area (Å²) in [4.78, 5) is 12.5. The van der Waals surface area contributed by atoms with Crippen LogP contribution in [-0.2, 0) is 11.3 Å². The van der Waals surface area contributed by atoms with Crippen molar-refractivity contribution in [2.45, 2.75) is 13.5 Å². The number of benzene rings is 3. The fraction of sp³-hybridized carbons (Fsp3) is 0.150. The summed E-state index contributed by atoms with van der Waals surface area (Å²) in [5.41, 5.74) is 2.61. The van der Waals surface area contributed by atoms with E-state index < -0.39 is 0 Å². The first kappa shape index (κ1) is 15.1. The van der Waals surface area contributed by atoms with Gasteiger partial charge in [-0.2, -0.15) is 0 Å². The maximum atomic E-state index is 12.5. The number of fused-ring (bicyclic) bond motifs is 1. The van der Waals surface area contributed by atoms with Crippen LogP contribution in [0.1, 0.15) is 22.8 Å². The van der Waals surface area contributed by atoms with Crippen molar-refractivity contribution >= 4 is 22.4 Å². The molecule has 0 amide bonds. The Morgan fingerprint density at radius 2 is 1.61 bits per heavy atom. The number of hydrogen-bond donors (Lipinski definition) is 1. The van der Waals surface area contributed by atoms with Gasteiger partial charge >= 0.3 is 5.97 Å². The molecule has 0 aliphatic heterocycles. The smallest absolute Gasteiger partial charge is 0.339 e. The largest absolute Gasteiger partial charge is 0.457 e. The van der Waals surface area contributed by atoms with Crippen molar-refractivity contribution in [1.29, 1.82) is 0 Å². The first-order valence-corrected chi connectivity index (χ1v) is 7.76. The van der Waals surface area contributed by atoms with Gasteiger partial charge in [0.15, 0.2) is 0 Å². The van der Waals surface area contributed by atoms with Crippen LogP contribution in [0.3, 0.4) is 0 Å². The molecule has 0 saturated carbocycles. The van der Waals surface area contributed by atoms with Crippen LogP contribution >= 0.6 is 0 Å². The van der Waals surface area contributed by atoms with Crippen molar-refractivity contribution < 1.29 is 9.53 Å². The first-order chi connectivity index (χ1) is 11.3. The zero-order valence-electron chi connectivity index (χ0n) is 13.1. The van der Waals surface area contributed by atoms with Gasteiger partial charge in [-0.05, 0) is 30.0 Å². The van der Waals surface area contributed by atoms with E-state index in [1.807, 2.05) is 66.7 Å². The van der Waals surface area contributed by atoms with E-state index in [2.05, 4.69) is 12.2 Å². The second-order valence-corrected chi connectivity index (χ2v) is 5.30. The zero-order chi connectivity index (χ0) is 16.1. The van der Waals surface area contributed by atoms with Crippen molar-refractivity contribution in [2.24, 2.45) is 0 Å². The van der Waals surface area contributed by atoms with Gasteiger partial charge < -0.3 is 10.1 Å². The fourth-order valence-electron chi connectivity index (χ4n) is 2.62. The van der Waals surface area contributed by atoms with Crippen molar-refractivity contribution in [2.75, 3.05) is 11.9 Å². The van der Waals surface area contributed by atoms with Crippen LogP contribution in [0.15, 0.2) is 66.7 Å². The predicted octanol–water partition coefficient (Wildman–Crippen LogP) is 4.63. The molecule has 3 heteroatoms. The monoisotopic (exact) mass is 305 g/mol. The number of ether oxygens (including phenoxy) is 1. The molecule has 3 aromatic carbocycles. The Hall–Kier alpha value is -2.81. The second kappa shape index (κ2) is 6.97. The van der Waals surface area contributed by atoms with Gasteiger partial charge in [-0.25, -0.2) is 4.79 Å². The second-order valence-electron chi connectivity index (χ2n) is 5.30. The average molecular weight is 305 g/mol. The summed E-state index contributed by atoms with van der Waals surface area (Å²) >= 11 is 0.